The average molecular weight is 373 g/mol. The Labute approximate surface area is 154 Å². The molecule has 0 saturated carbocycles. The van der Waals surface area contributed by atoms with Crippen molar-refractivity contribution in [3.63, 3.8) is 0 Å². The first-order valence-electron chi connectivity index (χ1n) is 8.65. The van der Waals surface area contributed by atoms with Gasteiger partial charge in [-0.15, -0.1) is 12.4 Å². The highest BCUT2D eigenvalue weighted by Crippen LogP contribution is 2.28. The molecule has 8 heteroatoms. The van der Waals surface area contributed by atoms with Gasteiger partial charge in [0.2, 0.25) is 0 Å². The van der Waals surface area contributed by atoms with Crippen molar-refractivity contribution >= 4 is 18.3 Å². The number of methoxy groups -OCH3 is 1. The Morgan fingerprint density at radius 3 is 2.52 bits per heavy atom. The zero-order chi connectivity index (χ0) is 17.6. The number of piperidine rings is 1. The second-order valence-corrected chi connectivity index (χ2v) is 6.43. The molecule has 7 nitrogen and oxygen atoms in total. The van der Waals surface area contributed by atoms with Crippen LogP contribution in [0.3, 0.4) is 0 Å². The lowest BCUT2D eigenvalue weighted by atomic mass is 9.79. The van der Waals surface area contributed by atoms with Crippen molar-refractivity contribution in [1.29, 1.82) is 0 Å². The van der Waals surface area contributed by atoms with Crippen LogP contribution in [0.5, 0.6) is 0 Å². The summed E-state index contributed by atoms with van der Waals surface area (Å²) in [7, 11) is 1.68. The van der Waals surface area contributed by atoms with Gasteiger partial charge in [-0.3, -0.25) is 9.59 Å². The molecule has 25 heavy (non-hydrogen) atoms. The highest BCUT2D eigenvalue weighted by Gasteiger charge is 2.33. The summed E-state index contributed by atoms with van der Waals surface area (Å²) in [6.07, 6.45) is 3.17. The van der Waals surface area contributed by atoms with E-state index in [4.69, 9.17) is 4.74 Å². The van der Waals surface area contributed by atoms with E-state index in [0.717, 1.165) is 37.2 Å². The SMILES string of the molecule is CCc1n[nH]c(=O)c(C(=O)NCC2(COC)CCNCC2)c1CC.Cl. The zero-order valence-electron chi connectivity index (χ0n) is 15.2. The number of aryl methyl sites for hydroxylation is 1. The van der Waals surface area contributed by atoms with Gasteiger partial charge in [-0.05, 0) is 44.3 Å². The van der Waals surface area contributed by atoms with Gasteiger partial charge in [-0.1, -0.05) is 13.8 Å². The van der Waals surface area contributed by atoms with Crippen molar-refractivity contribution in [1.82, 2.24) is 20.8 Å². The van der Waals surface area contributed by atoms with E-state index in [1.807, 2.05) is 13.8 Å². The van der Waals surface area contributed by atoms with E-state index in [1.54, 1.807) is 7.11 Å². The van der Waals surface area contributed by atoms with Crippen molar-refractivity contribution in [2.45, 2.75) is 39.5 Å². The normalized spacial score (nSPS) is 16.1. The summed E-state index contributed by atoms with van der Waals surface area (Å²) in [6, 6.07) is 0. The molecular weight excluding hydrogens is 344 g/mol. The highest BCUT2D eigenvalue weighted by molar-refractivity contribution is 5.95. The Morgan fingerprint density at radius 2 is 1.96 bits per heavy atom. The standard InChI is InChI=1S/C17H28N4O3.ClH/c1-4-12-13(5-2)20-21-16(23)14(12)15(22)19-10-17(11-24-3)6-8-18-9-7-17;/h18H,4-11H2,1-3H3,(H,19,22)(H,21,23);1H. The summed E-state index contributed by atoms with van der Waals surface area (Å²) in [5.74, 6) is -0.320. The van der Waals surface area contributed by atoms with Gasteiger partial charge in [0.25, 0.3) is 11.5 Å². The number of carbonyl (C=O) groups is 1. The maximum atomic E-state index is 12.7. The predicted octanol–water partition coefficient (Wildman–Crippen LogP) is 1.06. The number of H-pyrrole nitrogens is 1. The number of aromatic amines is 1. The molecule has 0 radical (unpaired) electrons. The van der Waals surface area contributed by atoms with Gasteiger partial charge in [-0.2, -0.15) is 5.10 Å². The van der Waals surface area contributed by atoms with Crippen LogP contribution in [0, 0.1) is 5.41 Å². The summed E-state index contributed by atoms with van der Waals surface area (Å²) in [5, 5.41) is 12.8. The van der Waals surface area contributed by atoms with Crippen LogP contribution in [-0.4, -0.2) is 49.5 Å². The van der Waals surface area contributed by atoms with Crippen LogP contribution in [-0.2, 0) is 17.6 Å². The smallest absolute Gasteiger partial charge is 0.277 e. The molecule has 1 aromatic rings. The molecule has 142 valence electrons. The summed E-state index contributed by atoms with van der Waals surface area (Å²) >= 11 is 0. The summed E-state index contributed by atoms with van der Waals surface area (Å²) in [5.41, 5.74) is 1.22. The topological polar surface area (TPSA) is 96.1 Å². The molecule has 0 bridgehead atoms. The van der Waals surface area contributed by atoms with Gasteiger partial charge < -0.3 is 15.4 Å². The first-order valence-corrected chi connectivity index (χ1v) is 8.65. The molecule has 1 aliphatic heterocycles. The van der Waals surface area contributed by atoms with Gasteiger partial charge in [0.1, 0.15) is 5.56 Å². The molecule has 1 saturated heterocycles. The van der Waals surface area contributed by atoms with Gasteiger partial charge in [0.05, 0.1) is 12.3 Å². The zero-order valence-corrected chi connectivity index (χ0v) is 16.1. The molecule has 0 spiro atoms. The third-order valence-electron chi connectivity index (χ3n) is 4.82. The fourth-order valence-corrected chi connectivity index (χ4v) is 3.43. The molecule has 0 aromatic carbocycles. The highest BCUT2D eigenvalue weighted by atomic mass is 35.5. The molecule has 1 aliphatic rings. The van der Waals surface area contributed by atoms with Gasteiger partial charge in [0, 0.05) is 19.1 Å². The van der Waals surface area contributed by atoms with E-state index in [0.29, 0.717) is 26.0 Å². The van der Waals surface area contributed by atoms with E-state index < -0.39 is 5.56 Å². The van der Waals surface area contributed by atoms with E-state index in [9.17, 15) is 9.59 Å². The molecule has 2 heterocycles. The number of hydrogen-bond acceptors (Lipinski definition) is 5. The number of carbonyl (C=O) groups excluding carboxylic acids is 1. The quantitative estimate of drug-likeness (QED) is 0.665. The van der Waals surface area contributed by atoms with E-state index in [1.165, 1.54) is 0 Å². The lowest BCUT2D eigenvalue weighted by Gasteiger charge is -2.37. The number of amides is 1. The largest absolute Gasteiger partial charge is 0.384 e. The Kier molecular flexibility index (Phi) is 8.55. The lowest BCUT2D eigenvalue weighted by Crippen LogP contribution is -2.48. The van der Waals surface area contributed by atoms with Crippen LogP contribution in [0.4, 0.5) is 0 Å². The second kappa shape index (κ2) is 9.89. The van der Waals surface area contributed by atoms with Crippen molar-refractivity contribution < 1.29 is 9.53 Å². The predicted molar refractivity (Wildman–Crippen MR) is 99.6 cm³/mol. The van der Waals surface area contributed by atoms with Crippen molar-refractivity contribution in [3.05, 3.63) is 27.2 Å². The number of halogens is 1. The summed E-state index contributed by atoms with van der Waals surface area (Å²) in [6.45, 7) is 6.83. The molecule has 0 aliphatic carbocycles. The van der Waals surface area contributed by atoms with Crippen molar-refractivity contribution in [3.8, 4) is 0 Å². The van der Waals surface area contributed by atoms with Gasteiger partial charge in [0.15, 0.2) is 0 Å². The van der Waals surface area contributed by atoms with E-state index >= 15 is 0 Å². The minimum atomic E-state index is -0.423. The van der Waals surface area contributed by atoms with Crippen LogP contribution in [0.1, 0.15) is 48.3 Å². The Balaban J connectivity index is 0.00000312. The van der Waals surface area contributed by atoms with Crippen LogP contribution in [0.15, 0.2) is 4.79 Å². The molecular formula is C17H29ClN4O3. The number of nitrogens with zero attached hydrogens (tertiary/aromatic N) is 1. The molecule has 2 rings (SSSR count). The first-order chi connectivity index (χ1) is 11.6. The molecule has 0 atom stereocenters. The van der Waals surface area contributed by atoms with Gasteiger partial charge in [-0.25, -0.2) is 5.10 Å². The number of aromatic nitrogens is 2. The Morgan fingerprint density at radius 1 is 1.28 bits per heavy atom. The fourth-order valence-electron chi connectivity index (χ4n) is 3.43. The number of rotatable bonds is 7. The minimum Gasteiger partial charge on any atom is -0.384 e. The van der Waals surface area contributed by atoms with Crippen LogP contribution >= 0.6 is 12.4 Å². The third kappa shape index (κ3) is 5.03. The molecule has 1 aromatic heterocycles. The van der Waals surface area contributed by atoms with E-state index in [-0.39, 0.29) is 29.3 Å². The lowest BCUT2D eigenvalue weighted by molar-refractivity contribution is 0.0511. The van der Waals surface area contributed by atoms with Crippen LogP contribution in [0.2, 0.25) is 0 Å². The fraction of sp³-hybridized carbons (Fsp3) is 0.706. The van der Waals surface area contributed by atoms with Crippen LogP contribution < -0.4 is 16.2 Å². The second-order valence-electron chi connectivity index (χ2n) is 6.43. The number of nitrogens with one attached hydrogen (secondary N) is 3. The third-order valence-corrected chi connectivity index (χ3v) is 4.82. The minimum absolute atomic E-state index is 0. The Hall–Kier alpha value is -1.44. The average Bonchev–Trinajstić information content (AvgIpc) is 2.60. The first kappa shape index (κ1) is 21.6. The van der Waals surface area contributed by atoms with Gasteiger partial charge >= 0.3 is 0 Å². The van der Waals surface area contributed by atoms with E-state index in [2.05, 4.69) is 20.8 Å². The molecule has 1 fully saturated rings. The maximum absolute atomic E-state index is 12.7. The molecule has 0 unspecified atom stereocenters. The van der Waals surface area contributed by atoms with Crippen LogP contribution in [0.25, 0.3) is 0 Å². The van der Waals surface area contributed by atoms with Crippen molar-refractivity contribution in [2.75, 3.05) is 33.4 Å². The Bertz CT molecular complexity index is 621. The molecule has 3 N–H and O–H groups in total. The summed E-state index contributed by atoms with van der Waals surface area (Å²) < 4.78 is 5.37. The number of hydrogen-bond donors (Lipinski definition) is 3. The number of ether oxygens (including phenoxy) is 1. The maximum Gasteiger partial charge on any atom is 0.277 e. The summed E-state index contributed by atoms with van der Waals surface area (Å²) in [4.78, 5) is 24.8. The molecule has 1 amide bonds. The monoisotopic (exact) mass is 372 g/mol. The van der Waals surface area contributed by atoms with Crippen molar-refractivity contribution in [2.24, 2.45) is 5.41 Å².